The van der Waals surface area contributed by atoms with Crippen molar-refractivity contribution in [3.05, 3.63) is 24.2 Å². The Morgan fingerprint density at radius 3 is 2.71 bits per heavy atom. The van der Waals surface area contributed by atoms with Crippen LogP contribution in [0.25, 0.3) is 0 Å². The van der Waals surface area contributed by atoms with E-state index in [0.29, 0.717) is 10.7 Å². The smallest absolute Gasteiger partial charge is 0.406 e. The van der Waals surface area contributed by atoms with Crippen LogP contribution in [0, 0.1) is 0 Å². The zero-order valence-electron chi connectivity index (χ0n) is 9.16. The zero-order valence-corrected chi connectivity index (χ0v) is 9.16. The van der Waals surface area contributed by atoms with Crippen LogP contribution < -0.4 is 0 Å². The third kappa shape index (κ3) is 4.90. The summed E-state index contributed by atoms with van der Waals surface area (Å²) < 4.78 is 46.2. The maximum absolute atomic E-state index is 12.3. The molecule has 0 bridgehead atoms. The van der Waals surface area contributed by atoms with E-state index in [1.165, 1.54) is 19.4 Å². The fourth-order valence-electron chi connectivity index (χ4n) is 1.25. The lowest BCUT2D eigenvalue weighted by Crippen LogP contribution is -2.40. The van der Waals surface area contributed by atoms with E-state index in [4.69, 9.17) is 4.42 Å². The van der Waals surface area contributed by atoms with Crippen LogP contribution in [0.5, 0.6) is 0 Å². The molecule has 0 atom stereocenters. The Morgan fingerprint density at radius 2 is 2.24 bits per heavy atom. The Hall–Kier alpha value is -1.50. The molecule has 7 heteroatoms. The second kappa shape index (κ2) is 5.72. The Kier molecular flexibility index (Phi) is 4.56. The molecule has 1 heterocycles. The van der Waals surface area contributed by atoms with Gasteiger partial charge in [0.2, 0.25) is 5.91 Å². The van der Waals surface area contributed by atoms with Gasteiger partial charge in [-0.25, -0.2) is 0 Å². The Morgan fingerprint density at radius 1 is 1.53 bits per heavy atom. The van der Waals surface area contributed by atoms with Gasteiger partial charge in [-0.3, -0.25) is 4.79 Å². The summed E-state index contributed by atoms with van der Waals surface area (Å²) in [6.07, 6.45) is -3.11. The molecule has 0 radical (unpaired) electrons. The average molecular weight is 251 g/mol. The van der Waals surface area contributed by atoms with Gasteiger partial charge in [0.1, 0.15) is 18.9 Å². The summed E-state index contributed by atoms with van der Waals surface area (Å²) in [6, 6.07) is 3.05. The molecule has 0 N–H and O–H groups in total. The van der Waals surface area contributed by atoms with Crippen molar-refractivity contribution in [2.45, 2.75) is 12.7 Å². The number of furan rings is 1. The Balaban J connectivity index is 2.68. The van der Waals surface area contributed by atoms with E-state index in [1.807, 2.05) is 0 Å². The van der Waals surface area contributed by atoms with Gasteiger partial charge in [-0.1, -0.05) is 0 Å². The normalized spacial score (nSPS) is 11.5. The van der Waals surface area contributed by atoms with Gasteiger partial charge < -0.3 is 14.1 Å². The molecule has 1 aromatic heterocycles. The summed E-state index contributed by atoms with van der Waals surface area (Å²) >= 11 is 0. The minimum Gasteiger partial charge on any atom is -0.467 e. The molecule has 1 aromatic rings. The minimum absolute atomic E-state index is 0.227. The van der Waals surface area contributed by atoms with Crippen LogP contribution >= 0.6 is 0 Å². The first kappa shape index (κ1) is 13.6. The van der Waals surface area contributed by atoms with E-state index in [2.05, 4.69) is 4.74 Å². The number of carbonyl (C=O) groups excluding carboxylic acids is 1. The molecule has 0 aliphatic carbocycles. The van der Waals surface area contributed by atoms with Crippen molar-refractivity contribution >= 4 is 5.91 Å². The Bertz CT molecular complexity index is 348. The molecule has 96 valence electrons. The standard InChI is InChI=1S/C10H12F3NO3/c1-16-6-9(15)14(7-10(11,12)13)5-8-3-2-4-17-8/h2-4H,5-7H2,1H3. The monoisotopic (exact) mass is 251 g/mol. The van der Waals surface area contributed by atoms with Crippen molar-refractivity contribution in [3.63, 3.8) is 0 Å². The fourth-order valence-corrected chi connectivity index (χ4v) is 1.25. The summed E-state index contributed by atoms with van der Waals surface area (Å²) in [5, 5.41) is 0. The van der Waals surface area contributed by atoms with Gasteiger partial charge in [0.25, 0.3) is 0 Å². The number of methoxy groups -OCH3 is 1. The molecule has 0 aromatic carbocycles. The molecular formula is C10H12F3NO3. The lowest BCUT2D eigenvalue weighted by molar-refractivity contribution is -0.165. The van der Waals surface area contributed by atoms with Crippen molar-refractivity contribution in [3.8, 4) is 0 Å². The molecule has 0 aliphatic heterocycles. The average Bonchev–Trinajstić information content (AvgIpc) is 2.67. The maximum Gasteiger partial charge on any atom is 0.406 e. The Labute approximate surface area is 95.9 Å². The third-order valence-electron chi connectivity index (χ3n) is 1.92. The number of hydrogen-bond acceptors (Lipinski definition) is 3. The summed E-state index contributed by atoms with van der Waals surface area (Å²) in [6.45, 7) is -1.94. The van der Waals surface area contributed by atoms with Gasteiger partial charge in [0.05, 0.1) is 12.8 Å². The highest BCUT2D eigenvalue weighted by Gasteiger charge is 2.33. The topological polar surface area (TPSA) is 42.7 Å². The molecule has 0 unspecified atom stereocenters. The van der Waals surface area contributed by atoms with E-state index in [-0.39, 0.29) is 6.54 Å². The highest BCUT2D eigenvalue weighted by molar-refractivity contribution is 5.77. The number of ether oxygens (including phenoxy) is 1. The predicted molar refractivity (Wildman–Crippen MR) is 52.1 cm³/mol. The van der Waals surface area contributed by atoms with Crippen molar-refractivity contribution in [1.82, 2.24) is 4.90 Å². The number of amides is 1. The van der Waals surface area contributed by atoms with Crippen LogP contribution in [-0.2, 0) is 16.1 Å². The first-order chi connectivity index (χ1) is 7.92. The van der Waals surface area contributed by atoms with Crippen LogP contribution in [0.1, 0.15) is 5.76 Å². The van der Waals surface area contributed by atoms with Crippen molar-refractivity contribution in [1.29, 1.82) is 0 Å². The molecule has 0 aliphatic rings. The lowest BCUT2D eigenvalue weighted by atomic mass is 10.3. The molecule has 4 nitrogen and oxygen atoms in total. The van der Waals surface area contributed by atoms with E-state index in [0.717, 1.165) is 0 Å². The predicted octanol–water partition coefficient (Wildman–Crippen LogP) is 1.82. The number of rotatable bonds is 5. The summed E-state index contributed by atoms with van der Waals surface area (Å²) in [4.78, 5) is 12.0. The quantitative estimate of drug-likeness (QED) is 0.801. The van der Waals surface area contributed by atoms with Gasteiger partial charge >= 0.3 is 6.18 Å². The third-order valence-corrected chi connectivity index (χ3v) is 1.92. The molecule has 0 saturated carbocycles. The van der Waals surface area contributed by atoms with Crippen molar-refractivity contribution in [2.24, 2.45) is 0 Å². The van der Waals surface area contributed by atoms with Crippen LogP contribution in [0.4, 0.5) is 13.2 Å². The van der Waals surface area contributed by atoms with Crippen LogP contribution in [0.2, 0.25) is 0 Å². The van der Waals surface area contributed by atoms with E-state index in [1.54, 1.807) is 6.07 Å². The first-order valence-corrected chi connectivity index (χ1v) is 4.78. The number of hydrogen-bond donors (Lipinski definition) is 0. The molecule has 0 spiro atoms. The highest BCUT2D eigenvalue weighted by Crippen LogP contribution is 2.18. The lowest BCUT2D eigenvalue weighted by Gasteiger charge is -2.22. The highest BCUT2D eigenvalue weighted by atomic mass is 19.4. The van der Waals surface area contributed by atoms with E-state index in [9.17, 15) is 18.0 Å². The van der Waals surface area contributed by atoms with Gasteiger partial charge in [-0.2, -0.15) is 13.2 Å². The van der Waals surface area contributed by atoms with Crippen LogP contribution in [-0.4, -0.2) is 37.2 Å². The molecule has 0 fully saturated rings. The summed E-state index contributed by atoms with van der Waals surface area (Å²) in [5.74, 6) is -0.445. The van der Waals surface area contributed by atoms with Crippen molar-refractivity contribution in [2.75, 3.05) is 20.3 Å². The molecular weight excluding hydrogens is 239 g/mol. The summed E-state index contributed by atoms with van der Waals surface area (Å²) in [7, 11) is 1.25. The molecule has 17 heavy (non-hydrogen) atoms. The van der Waals surface area contributed by atoms with Gasteiger partial charge in [-0.15, -0.1) is 0 Å². The second-order valence-corrected chi connectivity index (χ2v) is 3.38. The first-order valence-electron chi connectivity index (χ1n) is 4.78. The number of nitrogens with zero attached hydrogens (tertiary/aromatic N) is 1. The van der Waals surface area contributed by atoms with E-state index >= 15 is 0 Å². The van der Waals surface area contributed by atoms with Gasteiger partial charge in [0, 0.05) is 7.11 Å². The minimum atomic E-state index is -4.45. The van der Waals surface area contributed by atoms with Gasteiger partial charge in [-0.05, 0) is 12.1 Å². The van der Waals surface area contributed by atoms with Crippen LogP contribution in [0.3, 0.4) is 0 Å². The molecule has 1 rings (SSSR count). The van der Waals surface area contributed by atoms with Gasteiger partial charge in [0.15, 0.2) is 0 Å². The zero-order chi connectivity index (χ0) is 12.9. The number of alkyl halides is 3. The van der Waals surface area contributed by atoms with Crippen LogP contribution in [0.15, 0.2) is 22.8 Å². The van der Waals surface area contributed by atoms with E-state index < -0.39 is 25.2 Å². The molecule has 1 amide bonds. The number of carbonyl (C=O) groups is 1. The second-order valence-electron chi connectivity index (χ2n) is 3.38. The SMILES string of the molecule is COCC(=O)N(Cc1ccco1)CC(F)(F)F. The van der Waals surface area contributed by atoms with Crippen molar-refractivity contribution < 1.29 is 27.1 Å². The fraction of sp³-hybridized carbons (Fsp3) is 0.500. The largest absolute Gasteiger partial charge is 0.467 e. The molecule has 0 saturated heterocycles. The number of halogens is 3. The summed E-state index contributed by atoms with van der Waals surface area (Å²) in [5.41, 5.74) is 0. The maximum atomic E-state index is 12.3.